The van der Waals surface area contributed by atoms with Gasteiger partial charge in [0.15, 0.2) is 11.6 Å². The Bertz CT molecular complexity index is 643. The van der Waals surface area contributed by atoms with Crippen LogP contribution in [0.25, 0.3) is 0 Å². The molecule has 0 saturated carbocycles. The van der Waals surface area contributed by atoms with Crippen LogP contribution in [0.15, 0.2) is 36.5 Å². The molecule has 1 aliphatic rings. The Balaban J connectivity index is 1.72. The molecular weight excluding hydrogens is 312 g/mol. The summed E-state index contributed by atoms with van der Waals surface area (Å²) in [6.07, 6.45) is 1.47. The van der Waals surface area contributed by atoms with E-state index in [2.05, 4.69) is 9.88 Å². The van der Waals surface area contributed by atoms with Gasteiger partial charge >= 0.3 is 0 Å². The van der Waals surface area contributed by atoms with E-state index in [-0.39, 0.29) is 5.82 Å². The summed E-state index contributed by atoms with van der Waals surface area (Å²) >= 11 is 11.9. The van der Waals surface area contributed by atoms with Crippen LogP contribution in [-0.2, 0) is 0 Å². The SMILES string of the molecule is Fc1cc(Cl)cnc1N1CCN(c2ccccc2Cl)CC1. The highest BCUT2D eigenvalue weighted by Gasteiger charge is 2.21. The van der Waals surface area contributed by atoms with E-state index in [1.165, 1.54) is 12.3 Å². The monoisotopic (exact) mass is 325 g/mol. The molecule has 6 heteroatoms. The van der Waals surface area contributed by atoms with Gasteiger partial charge in [-0.15, -0.1) is 0 Å². The van der Waals surface area contributed by atoms with Gasteiger partial charge in [-0.05, 0) is 18.2 Å². The van der Waals surface area contributed by atoms with Gasteiger partial charge in [-0.3, -0.25) is 0 Å². The first-order chi connectivity index (χ1) is 10.1. The molecule has 3 nitrogen and oxygen atoms in total. The summed E-state index contributed by atoms with van der Waals surface area (Å²) in [6.45, 7) is 2.93. The van der Waals surface area contributed by atoms with Gasteiger partial charge in [-0.25, -0.2) is 9.37 Å². The molecule has 0 aliphatic carbocycles. The average molecular weight is 326 g/mol. The minimum atomic E-state index is -0.381. The minimum absolute atomic E-state index is 0.311. The molecule has 3 rings (SSSR count). The van der Waals surface area contributed by atoms with E-state index in [0.29, 0.717) is 23.9 Å². The summed E-state index contributed by atoms with van der Waals surface area (Å²) < 4.78 is 13.9. The van der Waals surface area contributed by atoms with Crippen molar-refractivity contribution in [1.29, 1.82) is 0 Å². The van der Waals surface area contributed by atoms with Crippen molar-refractivity contribution < 1.29 is 4.39 Å². The molecule has 1 saturated heterocycles. The molecule has 21 heavy (non-hydrogen) atoms. The maximum absolute atomic E-state index is 13.9. The fourth-order valence-electron chi connectivity index (χ4n) is 2.51. The normalized spacial score (nSPS) is 15.4. The average Bonchev–Trinajstić information content (AvgIpc) is 2.48. The highest BCUT2D eigenvalue weighted by atomic mass is 35.5. The third kappa shape index (κ3) is 3.06. The van der Waals surface area contributed by atoms with Crippen LogP contribution in [0.2, 0.25) is 10.0 Å². The molecule has 2 aromatic rings. The molecule has 0 amide bonds. The topological polar surface area (TPSA) is 19.4 Å². The van der Waals surface area contributed by atoms with E-state index >= 15 is 0 Å². The van der Waals surface area contributed by atoms with Crippen molar-refractivity contribution in [2.24, 2.45) is 0 Å². The lowest BCUT2D eigenvalue weighted by atomic mass is 10.2. The Morgan fingerprint density at radius 1 is 1.00 bits per heavy atom. The van der Waals surface area contributed by atoms with Crippen LogP contribution in [-0.4, -0.2) is 31.2 Å². The quantitative estimate of drug-likeness (QED) is 0.835. The van der Waals surface area contributed by atoms with Crippen LogP contribution in [0.4, 0.5) is 15.9 Å². The zero-order valence-corrected chi connectivity index (χ0v) is 12.8. The maximum atomic E-state index is 13.9. The second-order valence-electron chi connectivity index (χ2n) is 4.88. The molecule has 2 heterocycles. The van der Waals surface area contributed by atoms with Gasteiger partial charge in [-0.1, -0.05) is 35.3 Å². The van der Waals surface area contributed by atoms with E-state index < -0.39 is 0 Å². The number of anilines is 2. The van der Waals surface area contributed by atoms with Crippen LogP contribution >= 0.6 is 23.2 Å². The molecule has 0 atom stereocenters. The highest BCUT2D eigenvalue weighted by Crippen LogP contribution is 2.27. The fourth-order valence-corrected chi connectivity index (χ4v) is 2.91. The number of piperazine rings is 1. The summed E-state index contributed by atoms with van der Waals surface area (Å²) in [7, 11) is 0. The van der Waals surface area contributed by atoms with E-state index in [9.17, 15) is 4.39 Å². The third-order valence-corrected chi connectivity index (χ3v) is 4.09. The summed E-state index contributed by atoms with van der Waals surface area (Å²) in [5.74, 6) is -0.0214. The van der Waals surface area contributed by atoms with Crippen LogP contribution in [0.1, 0.15) is 0 Å². The molecule has 1 aromatic heterocycles. The fraction of sp³-hybridized carbons (Fsp3) is 0.267. The zero-order valence-electron chi connectivity index (χ0n) is 11.3. The Labute approximate surface area is 132 Å². The lowest BCUT2D eigenvalue weighted by Crippen LogP contribution is -2.47. The number of rotatable bonds is 2. The molecule has 0 bridgehead atoms. The first-order valence-corrected chi connectivity index (χ1v) is 7.46. The standard InChI is InChI=1S/C15H14Cl2FN3/c16-11-9-13(18)15(19-10-11)21-7-5-20(6-8-21)14-4-2-1-3-12(14)17/h1-4,9-10H,5-8H2. The summed E-state index contributed by atoms with van der Waals surface area (Å²) in [5.41, 5.74) is 1.02. The Kier molecular flexibility index (Phi) is 4.17. The second-order valence-corrected chi connectivity index (χ2v) is 5.73. The molecule has 1 fully saturated rings. The molecule has 1 aromatic carbocycles. The zero-order chi connectivity index (χ0) is 14.8. The Hall–Kier alpha value is -1.52. The van der Waals surface area contributed by atoms with Gasteiger partial charge in [0.2, 0.25) is 0 Å². The molecule has 1 aliphatic heterocycles. The number of hydrogen-bond acceptors (Lipinski definition) is 3. The molecular formula is C15H14Cl2FN3. The number of halogens is 3. The molecule has 0 unspecified atom stereocenters. The van der Waals surface area contributed by atoms with E-state index in [1.54, 1.807) is 0 Å². The third-order valence-electron chi connectivity index (χ3n) is 3.56. The van der Waals surface area contributed by atoms with Crippen molar-refractivity contribution in [1.82, 2.24) is 4.98 Å². The van der Waals surface area contributed by atoms with Gasteiger partial charge in [-0.2, -0.15) is 0 Å². The minimum Gasteiger partial charge on any atom is -0.367 e. The smallest absolute Gasteiger partial charge is 0.167 e. The summed E-state index contributed by atoms with van der Waals surface area (Å²) in [4.78, 5) is 8.22. The molecule has 0 N–H and O–H groups in total. The van der Waals surface area contributed by atoms with Gasteiger partial charge in [0.05, 0.1) is 15.7 Å². The van der Waals surface area contributed by atoms with Crippen molar-refractivity contribution in [3.05, 3.63) is 52.4 Å². The molecule has 0 radical (unpaired) electrons. The first-order valence-electron chi connectivity index (χ1n) is 6.70. The number of aromatic nitrogens is 1. The largest absolute Gasteiger partial charge is 0.367 e. The maximum Gasteiger partial charge on any atom is 0.167 e. The lowest BCUT2D eigenvalue weighted by Gasteiger charge is -2.37. The Morgan fingerprint density at radius 3 is 2.33 bits per heavy atom. The second kappa shape index (κ2) is 6.08. The Morgan fingerprint density at radius 2 is 1.67 bits per heavy atom. The number of pyridine rings is 1. The van der Waals surface area contributed by atoms with Crippen LogP contribution in [0.5, 0.6) is 0 Å². The van der Waals surface area contributed by atoms with Gasteiger partial charge in [0, 0.05) is 32.4 Å². The van der Waals surface area contributed by atoms with Crippen molar-refractivity contribution in [3.63, 3.8) is 0 Å². The van der Waals surface area contributed by atoms with E-state index in [1.807, 2.05) is 29.2 Å². The van der Waals surface area contributed by atoms with Crippen LogP contribution in [0, 0.1) is 5.82 Å². The number of para-hydroxylation sites is 1. The van der Waals surface area contributed by atoms with Crippen molar-refractivity contribution in [2.45, 2.75) is 0 Å². The first kappa shape index (κ1) is 14.4. The molecule has 0 spiro atoms. The predicted molar refractivity (Wildman–Crippen MR) is 85.1 cm³/mol. The van der Waals surface area contributed by atoms with Crippen molar-refractivity contribution >= 4 is 34.7 Å². The number of nitrogens with zero attached hydrogens (tertiary/aromatic N) is 3. The van der Waals surface area contributed by atoms with Crippen molar-refractivity contribution in [2.75, 3.05) is 36.0 Å². The van der Waals surface area contributed by atoms with E-state index in [0.717, 1.165) is 23.8 Å². The lowest BCUT2D eigenvalue weighted by molar-refractivity contribution is 0.588. The summed E-state index contributed by atoms with van der Waals surface area (Å²) in [5, 5.41) is 1.05. The highest BCUT2D eigenvalue weighted by molar-refractivity contribution is 6.33. The number of benzene rings is 1. The summed E-state index contributed by atoms with van der Waals surface area (Å²) in [6, 6.07) is 9.05. The van der Waals surface area contributed by atoms with Crippen molar-refractivity contribution in [3.8, 4) is 0 Å². The molecule has 110 valence electrons. The predicted octanol–water partition coefficient (Wildman–Crippen LogP) is 3.85. The number of hydrogen-bond donors (Lipinski definition) is 0. The van der Waals surface area contributed by atoms with E-state index in [4.69, 9.17) is 23.2 Å². The van der Waals surface area contributed by atoms with Crippen LogP contribution < -0.4 is 9.80 Å². The van der Waals surface area contributed by atoms with Gasteiger partial charge in [0.1, 0.15) is 0 Å². The van der Waals surface area contributed by atoms with Crippen LogP contribution in [0.3, 0.4) is 0 Å². The van der Waals surface area contributed by atoms with Gasteiger partial charge in [0.25, 0.3) is 0 Å². The van der Waals surface area contributed by atoms with Gasteiger partial charge < -0.3 is 9.80 Å².